The number of amides is 1. The maximum absolute atomic E-state index is 12.8. The van der Waals surface area contributed by atoms with E-state index in [4.69, 9.17) is 5.11 Å². The third-order valence-electron chi connectivity index (χ3n) is 2.70. The molecule has 1 fully saturated rings. The molecule has 1 aliphatic rings. The first-order valence-electron chi connectivity index (χ1n) is 6.03. The van der Waals surface area contributed by atoms with Crippen molar-refractivity contribution < 1.29 is 19.1 Å². The molecule has 1 aromatic rings. The van der Waals surface area contributed by atoms with Gasteiger partial charge in [0.1, 0.15) is 11.1 Å². The van der Waals surface area contributed by atoms with Gasteiger partial charge in [-0.3, -0.25) is 9.59 Å². The fourth-order valence-electron chi connectivity index (χ4n) is 1.60. The smallest absolute Gasteiger partial charge is 0.317 e. The molecule has 1 unspecified atom stereocenters. The fourth-order valence-corrected chi connectivity index (χ4v) is 2.47. The predicted octanol–water partition coefficient (Wildman–Crippen LogP) is 1.61. The molecule has 0 saturated carbocycles. The molecule has 1 amide bonds. The SMILES string of the molecule is CC(=NN=C1NC(=O)CC(C(=O)O)S1)c1ccc(F)cc1. The van der Waals surface area contributed by atoms with E-state index >= 15 is 0 Å². The highest BCUT2D eigenvalue weighted by Gasteiger charge is 2.29. The standard InChI is InChI=1S/C13H12FN3O3S/c1-7(8-2-4-9(14)5-3-8)16-17-13-15-11(18)6-10(21-13)12(19)20/h2-5,10H,6H2,1H3,(H,19,20)(H,15,17,18). The van der Waals surface area contributed by atoms with E-state index < -0.39 is 17.1 Å². The Morgan fingerprint density at radius 3 is 2.71 bits per heavy atom. The average molecular weight is 309 g/mol. The lowest BCUT2D eigenvalue weighted by Crippen LogP contribution is -2.40. The van der Waals surface area contributed by atoms with Gasteiger partial charge in [-0.05, 0) is 24.6 Å². The van der Waals surface area contributed by atoms with Gasteiger partial charge in [-0.15, -0.1) is 5.10 Å². The molecule has 1 atom stereocenters. The van der Waals surface area contributed by atoms with Crippen LogP contribution in [0.15, 0.2) is 34.5 Å². The molecule has 0 radical (unpaired) electrons. The second kappa shape index (κ2) is 6.49. The minimum atomic E-state index is -1.07. The van der Waals surface area contributed by atoms with Crippen LogP contribution in [0.1, 0.15) is 18.9 Å². The maximum atomic E-state index is 12.8. The Hall–Kier alpha value is -2.22. The van der Waals surface area contributed by atoms with Gasteiger partial charge in [0.2, 0.25) is 5.91 Å². The van der Waals surface area contributed by atoms with Crippen molar-refractivity contribution in [1.29, 1.82) is 0 Å². The Kier molecular flexibility index (Phi) is 4.69. The van der Waals surface area contributed by atoms with Gasteiger partial charge in [0.05, 0.1) is 5.71 Å². The number of nitrogens with one attached hydrogen (secondary N) is 1. The van der Waals surface area contributed by atoms with E-state index in [9.17, 15) is 14.0 Å². The number of amidine groups is 1. The molecule has 2 rings (SSSR count). The second-order valence-electron chi connectivity index (χ2n) is 4.29. The van der Waals surface area contributed by atoms with Gasteiger partial charge in [0.15, 0.2) is 5.17 Å². The maximum Gasteiger partial charge on any atom is 0.317 e. The molecule has 0 spiro atoms. The van der Waals surface area contributed by atoms with E-state index in [1.165, 1.54) is 12.1 Å². The summed E-state index contributed by atoms with van der Waals surface area (Å²) in [6.45, 7) is 1.68. The highest BCUT2D eigenvalue weighted by molar-refractivity contribution is 8.15. The second-order valence-corrected chi connectivity index (χ2v) is 5.49. The van der Waals surface area contributed by atoms with E-state index in [-0.39, 0.29) is 17.4 Å². The van der Waals surface area contributed by atoms with Crippen LogP contribution in [-0.4, -0.2) is 33.1 Å². The monoisotopic (exact) mass is 309 g/mol. The summed E-state index contributed by atoms with van der Waals surface area (Å²) >= 11 is 0.934. The van der Waals surface area contributed by atoms with Crippen LogP contribution in [0.25, 0.3) is 0 Å². The molecule has 2 N–H and O–H groups in total. The van der Waals surface area contributed by atoms with Gasteiger partial charge in [-0.2, -0.15) is 5.10 Å². The summed E-state index contributed by atoms with van der Waals surface area (Å²) in [4.78, 5) is 22.3. The van der Waals surface area contributed by atoms with Gasteiger partial charge in [-0.25, -0.2) is 4.39 Å². The highest BCUT2D eigenvalue weighted by Crippen LogP contribution is 2.20. The van der Waals surface area contributed by atoms with Crippen LogP contribution < -0.4 is 5.32 Å². The number of nitrogens with zero attached hydrogens (tertiary/aromatic N) is 2. The van der Waals surface area contributed by atoms with Crippen LogP contribution in [0.2, 0.25) is 0 Å². The van der Waals surface area contributed by atoms with Crippen molar-refractivity contribution in [2.24, 2.45) is 10.2 Å². The summed E-state index contributed by atoms with van der Waals surface area (Å²) in [6, 6.07) is 5.72. The molecule has 110 valence electrons. The van der Waals surface area contributed by atoms with Crippen LogP contribution in [0.4, 0.5) is 4.39 Å². The van der Waals surface area contributed by atoms with Gasteiger partial charge in [0, 0.05) is 6.42 Å². The third-order valence-corrected chi connectivity index (χ3v) is 3.76. The molecule has 1 heterocycles. The van der Waals surface area contributed by atoms with Crippen LogP contribution in [-0.2, 0) is 9.59 Å². The molecule has 1 aromatic carbocycles. The number of carboxylic acid groups (broad SMARTS) is 1. The van der Waals surface area contributed by atoms with E-state index in [1.807, 2.05) is 0 Å². The molecule has 8 heteroatoms. The minimum Gasteiger partial charge on any atom is -0.480 e. The molecule has 0 aromatic heterocycles. The van der Waals surface area contributed by atoms with Crippen molar-refractivity contribution >= 4 is 34.5 Å². The number of carboxylic acids is 1. The molecule has 21 heavy (non-hydrogen) atoms. The van der Waals surface area contributed by atoms with Crippen molar-refractivity contribution in [3.8, 4) is 0 Å². The number of halogens is 1. The molecular formula is C13H12FN3O3S. The van der Waals surface area contributed by atoms with Crippen LogP contribution >= 0.6 is 11.8 Å². The van der Waals surface area contributed by atoms with Crippen molar-refractivity contribution in [3.05, 3.63) is 35.6 Å². The summed E-state index contributed by atoms with van der Waals surface area (Å²) in [6.07, 6.45) is -0.0975. The van der Waals surface area contributed by atoms with E-state index in [2.05, 4.69) is 15.5 Å². The number of aliphatic carboxylic acids is 1. The Morgan fingerprint density at radius 2 is 2.10 bits per heavy atom. The van der Waals surface area contributed by atoms with E-state index in [0.717, 1.165) is 11.8 Å². The first-order chi connectivity index (χ1) is 9.95. The third kappa shape index (κ3) is 4.12. The fraction of sp³-hybridized carbons (Fsp3) is 0.231. The minimum absolute atomic E-state index is 0.0975. The van der Waals surface area contributed by atoms with E-state index in [1.54, 1.807) is 19.1 Å². The Labute approximate surface area is 124 Å². The summed E-state index contributed by atoms with van der Waals surface area (Å²) in [5, 5.41) is 18.4. The Balaban J connectivity index is 2.14. The van der Waals surface area contributed by atoms with Crippen molar-refractivity contribution in [3.63, 3.8) is 0 Å². The number of hydrogen-bond acceptors (Lipinski definition) is 5. The summed E-state index contributed by atoms with van der Waals surface area (Å²) in [7, 11) is 0. The van der Waals surface area contributed by atoms with Gasteiger partial charge in [-0.1, -0.05) is 23.9 Å². The van der Waals surface area contributed by atoms with Crippen molar-refractivity contribution in [2.75, 3.05) is 0 Å². The van der Waals surface area contributed by atoms with Gasteiger partial charge in [0.25, 0.3) is 0 Å². The molecular weight excluding hydrogens is 297 g/mol. The van der Waals surface area contributed by atoms with Crippen molar-refractivity contribution in [1.82, 2.24) is 5.32 Å². The summed E-state index contributed by atoms with van der Waals surface area (Å²) in [5.41, 5.74) is 1.21. The zero-order chi connectivity index (χ0) is 15.4. The van der Waals surface area contributed by atoms with Gasteiger partial charge >= 0.3 is 5.97 Å². The zero-order valence-electron chi connectivity index (χ0n) is 11.0. The number of rotatable bonds is 3. The highest BCUT2D eigenvalue weighted by atomic mass is 32.2. The number of benzene rings is 1. The van der Waals surface area contributed by atoms with E-state index in [0.29, 0.717) is 11.3 Å². The first kappa shape index (κ1) is 15.2. The average Bonchev–Trinajstić information content (AvgIpc) is 2.45. The summed E-state index contributed by atoms with van der Waals surface area (Å²) < 4.78 is 12.8. The van der Waals surface area contributed by atoms with Crippen LogP contribution in [0.5, 0.6) is 0 Å². The molecule has 6 nitrogen and oxygen atoms in total. The first-order valence-corrected chi connectivity index (χ1v) is 6.91. The number of carbonyl (C=O) groups is 2. The molecule has 1 aliphatic heterocycles. The lowest BCUT2D eigenvalue weighted by molar-refractivity contribution is -0.138. The van der Waals surface area contributed by atoms with Crippen LogP contribution in [0.3, 0.4) is 0 Å². The normalized spacial score (nSPS) is 21.2. The molecule has 1 saturated heterocycles. The topological polar surface area (TPSA) is 91.1 Å². The number of thioether (sulfide) groups is 1. The zero-order valence-corrected chi connectivity index (χ0v) is 11.9. The van der Waals surface area contributed by atoms with Gasteiger partial charge < -0.3 is 10.4 Å². The predicted molar refractivity (Wildman–Crippen MR) is 77.8 cm³/mol. The van der Waals surface area contributed by atoms with Crippen LogP contribution in [0, 0.1) is 5.82 Å². The number of carbonyl (C=O) groups excluding carboxylic acids is 1. The lowest BCUT2D eigenvalue weighted by atomic mass is 10.1. The summed E-state index contributed by atoms with van der Waals surface area (Å²) in [5.74, 6) is -1.83. The molecule has 0 bridgehead atoms. The lowest BCUT2D eigenvalue weighted by Gasteiger charge is -2.18. The molecule has 0 aliphatic carbocycles. The quantitative estimate of drug-likeness (QED) is 0.655. The number of hydrogen-bond donors (Lipinski definition) is 2. The van der Waals surface area contributed by atoms with Crippen molar-refractivity contribution in [2.45, 2.75) is 18.6 Å². The Bertz CT molecular complexity index is 628. The largest absolute Gasteiger partial charge is 0.480 e. The Morgan fingerprint density at radius 1 is 1.43 bits per heavy atom.